The van der Waals surface area contributed by atoms with Gasteiger partial charge in [-0.15, -0.1) is 0 Å². The van der Waals surface area contributed by atoms with E-state index in [4.69, 9.17) is 4.74 Å². The second kappa shape index (κ2) is 4.77. The first-order chi connectivity index (χ1) is 9.69. The quantitative estimate of drug-likeness (QED) is 0.672. The summed E-state index contributed by atoms with van der Waals surface area (Å²) in [5.41, 5.74) is 2.23. The van der Waals surface area contributed by atoms with Gasteiger partial charge in [0.1, 0.15) is 17.2 Å². The van der Waals surface area contributed by atoms with Crippen molar-refractivity contribution in [2.24, 2.45) is 0 Å². The topological polar surface area (TPSA) is 43.6 Å². The molecule has 0 atom stereocenters. The summed E-state index contributed by atoms with van der Waals surface area (Å²) in [6.45, 7) is 0. The molecule has 0 radical (unpaired) electrons. The predicted molar refractivity (Wildman–Crippen MR) is 71.9 cm³/mol. The van der Waals surface area contributed by atoms with Gasteiger partial charge >= 0.3 is 5.97 Å². The van der Waals surface area contributed by atoms with Crippen LogP contribution in [-0.2, 0) is 4.74 Å². The van der Waals surface area contributed by atoms with Gasteiger partial charge in [0.05, 0.1) is 12.8 Å². The number of hydrogen-bond donors (Lipinski definition) is 0. The summed E-state index contributed by atoms with van der Waals surface area (Å²) in [5.74, 6) is -0.772. The Kier molecular flexibility index (Phi) is 2.95. The lowest BCUT2D eigenvalue weighted by atomic mass is 10.2. The van der Waals surface area contributed by atoms with Crippen LogP contribution < -0.4 is 0 Å². The lowest BCUT2D eigenvalue weighted by molar-refractivity contribution is 0.0592. The number of esters is 1. The van der Waals surface area contributed by atoms with Crippen LogP contribution >= 0.6 is 0 Å². The molecule has 0 amide bonds. The van der Waals surface area contributed by atoms with Crippen molar-refractivity contribution in [1.29, 1.82) is 0 Å². The Morgan fingerprint density at radius 3 is 2.80 bits per heavy atom. The minimum atomic E-state index is -0.446. The number of aromatic nitrogens is 2. The number of fused-ring (bicyclic) bond motifs is 1. The second-order valence-electron chi connectivity index (χ2n) is 4.27. The molecule has 3 aromatic rings. The van der Waals surface area contributed by atoms with E-state index in [1.54, 1.807) is 40.9 Å². The van der Waals surface area contributed by atoms with Crippen molar-refractivity contribution in [1.82, 2.24) is 9.38 Å². The van der Waals surface area contributed by atoms with Crippen molar-refractivity contribution >= 4 is 11.6 Å². The third-order valence-corrected chi connectivity index (χ3v) is 3.01. The highest BCUT2D eigenvalue weighted by molar-refractivity contribution is 5.88. The molecule has 0 saturated carbocycles. The van der Waals surface area contributed by atoms with Crippen LogP contribution in [0, 0.1) is 5.82 Å². The van der Waals surface area contributed by atoms with Gasteiger partial charge in [0.25, 0.3) is 0 Å². The average Bonchev–Trinajstić information content (AvgIpc) is 2.90. The Hall–Kier alpha value is -2.69. The first kappa shape index (κ1) is 12.3. The molecular formula is C15H11FN2O2. The molecule has 2 aromatic heterocycles. The van der Waals surface area contributed by atoms with E-state index in [1.807, 2.05) is 0 Å². The molecule has 0 aliphatic carbocycles. The van der Waals surface area contributed by atoms with E-state index in [0.717, 1.165) is 0 Å². The van der Waals surface area contributed by atoms with E-state index in [1.165, 1.54) is 19.2 Å². The number of carbonyl (C=O) groups excluding carboxylic acids is 1. The Bertz CT molecular complexity index is 795. The lowest BCUT2D eigenvalue weighted by Gasteiger charge is -2.01. The third kappa shape index (κ3) is 2.03. The molecule has 0 unspecified atom stereocenters. The minimum Gasteiger partial charge on any atom is -0.464 e. The van der Waals surface area contributed by atoms with Crippen molar-refractivity contribution in [2.75, 3.05) is 7.11 Å². The summed E-state index contributed by atoms with van der Waals surface area (Å²) >= 11 is 0. The van der Waals surface area contributed by atoms with E-state index in [0.29, 0.717) is 22.6 Å². The molecule has 100 valence electrons. The molecule has 3 rings (SSSR count). The highest BCUT2D eigenvalue weighted by atomic mass is 19.1. The summed E-state index contributed by atoms with van der Waals surface area (Å²) in [6, 6.07) is 11.3. The summed E-state index contributed by atoms with van der Waals surface area (Å²) in [7, 11) is 1.32. The number of rotatable bonds is 2. The zero-order valence-electron chi connectivity index (χ0n) is 10.7. The van der Waals surface area contributed by atoms with E-state index in [9.17, 15) is 9.18 Å². The van der Waals surface area contributed by atoms with Gasteiger partial charge in [-0.2, -0.15) is 0 Å². The maximum atomic E-state index is 13.3. The second-order valence-corrected chi connectivity index (χ2v) is 4.27. The summed E-state index contributed by atoms with van der Waals surface area (Å²) in [5, 5.41) is 0. The molecule has 0 saturated heterocycles. The number of pyridine rings is 1. The van der Waals surface area contributed by atoms with Gasteiger partial charge in [-0.3, -0.25) is 4.40 Å². The summed E-state index contributed by atoms with van der Waals surface area (Å²) < 4.78 is 19.6. The third-order valence-electron chi connectivity index (χ3n) is 3.01. The number of methoxy groups -OCH3 is 1. The van der Waals surface area contributed by atoms with E-state index < -0.39 is 5.97 Å². The molecule has 4 nitrogen and oxygen atoms in total. The normalized spacial score (nSPS) is 10.7. The van der Waals surface area contributed by atoms with Crippen molar-refractivity contribution in [3.05, 3.63) is 60.2 Å². The Labute approximate surface area is 114 Å². The average molecular weight is 270 g/mol. The SMILES string of the molecule is COC(=O)c1cccc2nc(-c3cccc(F)c3)cn12. The molecule has 0 spiro atoms. The van der Waals surface area contributed by atoms with Crippen LogP contribution in [0.15, 0.2) is 48.7 Å². The predicted octanol–water partition coefficient (Wildman–Crippen LogP) is 2.93. The van der Waals surface area contributed by atoms with Crippen molar-refractivity contribution in [3.63, 3.8) is 0 Å². The van der Waals surface area contributed by atoms with E-state index in [2.05, 4.69) is 4.98 Å². The van der Waals surface area contributed by atoms with Gasteiger partial charge in [0, 0.05) is 11.8 Å². The smallest absolute Gasteiger partial charge is 0.355 e. The molecule has 5 heteroatoms. The van der Waals surface area contributed by atoms with Gasteiger partial charge in [0.2, 0.25) is 0 Å². The fraction of sp³-hybridized carbons (Fsp3) is 0.0667. The van der Waals surface area contributed by atoms with Crippen LogP contribution in [-0.4, -0.2) is 22.5 Å². The number of benzene rings is 1. The summed E-state index contributed by atoms with van der Waals surface area (Å²) in [6.07, 6.45) is 1.69. The van der Waals surface area contributed by atoms with Crippen LogP contribution in [0.3, 0.4) is 0 Å². The number of hydrogen-bond acceptors (Lipinski definition) is 3. The van der Waals surface area contributed by atoms with Crippen LogP contribution in [0.2, 0.25) is 0 Å². The zero-order valence-corrected chi connectivity index (χ0v) is 10.7. The van der Waals surface area contributed by atoms with Crippen molar-refractivity contribution in [3.8, 4) is 11.3 Å². The molecule has 0 bridgehead atoms. The van der Waals surface area contributed by atoms with Crippen LogP contribution in [0.25, 0.3) is 16.9 Å². The fourth-order valence-corrected chi connectivity index (χ4v) is 2.07. The Morgan fingerprint density at radius 1 is 1.25 bits per heavy atom. The van der Waals surface area contributed by atoms with Gasteiger partial charge in [-0.1, -0.05) is 18.2 Å². The number of nitrogens with zero attached hydrogens (tertiary/aromatic N) is 2. The first-order valence-electron chi connectivity index (χ1n) is 6.01. The maximum Gasteiger partial charge on any atom is 0.355 e. The number of halogens is 1. The highest BCUT2D eigenvalue weighted by Gasteiger charge is 2.12. The van der Waals surface area contributed by atoms with Gasteiger partial charge in [-0.25, -0.2) is 14.2 Å². The number of carbonyl (C=O) groups is 1. The molecule has 0 N–H and O–H groups in total. The highest BCUT2D eigenvalue weighted by Crippen LogP contribution is 2.21. The lowest BCUT2D eigenvalue weighted by Crippen LogP contribution is -2.06. The van der Waals surface area contributed by atoms with Gasteiger partial charge in [0.15, 0.2) is 0 Å². The van der Waals surface area contributed by atoms with Crippen molar-refractivity contribution in [2.45, 2.75) is 0 Å². The fourth-order valence-electron chi connectivity index (χ4n) is 2.07. The van der Waals surface area contributed by atoms with Crippen LogP contribution in [0.5, 0.6) is 0 Å². The molecule has 1 aromatic carbocycles. The number of ether oxygens (including phenoxy) is 1. The van der Waals surface area contributed by atoms with Gasteiger partial charge in [-0.05, 0) is 24.3 Å². The minimum absolute atomic E-state index is 0.326. The zero-order chi connectivity index (χ0) is 14.1. The van der Waals surface area contributed by atoms with Crippen molar-refractivity contribution < 1.29 is 13.9 Å². The largest absolute Gasteiger partial charge is 0.464 e. The molecule has 0 fully saturated rings. The monoisotopic (exact) mass is 270 g/mol. The molecule has 0 aliphatic heterocycles. The maximum absolute atomic E-state index is 13.3. The Morgan fingerprint density at radius 2 is 2.05 bits per heavy atom. The molecule has 20 heavy (non-hydrogen) atoms. The Balaban J connectivity index is 2.18. The van der Waals surface area contributed by atoms with E-state index in [-0.39, 0.29) is 5.82 Å². The molecule has 0 aliphatic rings. The number of imidazole rings is 1. The molecular weight excluding hydrogens is 259 g/mol. The standard InChI is InChI=1S/C15H11FN2O2/c1-20-15(19)13-6-3-7-14-17-12(9-18(13)14)10-4-2-5-11(16)8-10/h2-9H,1H3. The van der Waals surface area contributed by atoms with Gasteiger partial charge < -0.3 is 4.74 Å². The van der Waals surface area contributed by atoms with Crippen LogP contribution in [0.1, 0.15) is 10.5 Å². The van der Waals surface area contributed by atoms with Crippen LogP contribution in [0.4, 0.5) is 4.39 Å². The first-order valence-corrected chi connectivity index (χ1v) is 6.01. The van der Waals surface area contributed by atoms with E-state index >= 15 is 0 Å². The summed E-state index contributed by atoms with van der Waals surface area (Å²) in [4.78, 5) is 16.1. The molecule has 2 heterocycles.